The molecule has 0 saturated carbocycles. The fraction of sp³-hybridized carbons (Fsp3) is 0.864. The first-order chi connectivity index (χ1) is 12.2. The van der Waals surface area contributed by atoms with Crippen molar-refractivity contribution in [1.29, 1.82) is 0 Å². The summed E-state index contributed by atoms with van der Waals surface area (Å²) in [5.74, 6) is 1.65. The molecule has 0 radical (unpaired) electrons. The molecule has 0 spiro atoms. The quantitative estimate of drug-likeness (QED) is 0.355. The number of carboxylic acids is 1. The van der Waals surface area contributed by atoms with Gasteiger partial charge in [0.25, 0.3) is 0 Å². The van der Waals surface area contributed by atoms with Crippen LogP contribution in [0.15, 0.2) is 11.6 Å². The van der Waals surface area contributed by atoms with Gasteiger partial charge in [0.05, 0.1) is 13.2 Å². The van der Waals surface area contributed by atoms with E-state index in [1.807, 2.05) is 6.92 Å². The first-order valence-corrected chi connectivity index (χ1v) is 10.3. The van der Waals surface area contributed by atoms with Crippen LogP contribution in [0.4, 0.5) is 0 Å². The predicted octanol–water partition coefficient (Wildman–Crippen LogP) is 5.43. The molecule has 0 unspecified atom stereocenters. The highest BCUT2D eigenvalue weighted by molar-refractivity contribution is 5.80. The van der Waals surface area contributed by atoms with Gasteiger partial charge in [-0.25, -0.2) is 4.79 Å². The van der Waals surface area contributed by atoms with Crippen molar-refractivity contribution in [1.82, 2.24) is 0 Å². The lowest BCUT2D eigenvalue weighted by Crippen LogP contribution is -2.00. The number of hydrogen-bond acceptors (Lipinski definition) is 3. The number of carboxylic acid groups (broad SMARTS) is 1. The molecule has 0 aliphatic rings. The summed E-state index contributed by atoms with van der Waals surface area (Å²) in [6, 6.07) is 0. The van der Waals surface area contributed by atoms with Crippen LogP contribution in [0.5, 0.6) is 0 Å². The molecular formula is C22H44O4. The average molecular weight is 373 g/mol. The lowest BCUT2D eigenvalue weighted by molar-refractivity contribution is -0.131. The van der Waals surface area contributed by atoms with Gasteiger partial charge < -0.3 is 15.3 Å². The number of aliphatic hydroxyl groups is 2. The lowest BCUT2D eigenvalue weighted by Gasteiger charge is -2.15. The molecule has 0 saturated heterocycles. The third-order valence-electron chi connectivity index (χ3n) is 4.61. The standard InChI is InChI=1S/C20H38O2.C2H6O2/c1-16(2)9-6-10-17(3)11-7-12-18(4)13-8-14-19(5)15-20(21)22;3-1-2-4/h15-18H,6-14H2,1-5H3,(H,21,22);3-4H,1-2H2/b19-15+;/t17-,18-;/m1./s1. The van der Waals surface area contributed by atoms with Crippen LogP contribution in [0.2, 0.25) is 0 Å². The third-order valence-corrected chi connectivity index (χ3v) is 4.61. The molecule has 156 valence electrons. The summed E-state index contributed by atoms with van der Waals surface area (Å²) >= 11 is 0. The Hall–Kier alpha value is -0.870. The SMILES string of the molecule is C/C(=C\C(=O)O)CCC[C@H](C)CCC[C@H](C)CCCC(C)C.OCCO. The second kappa shape index (κ2) is 18.9. The predicted molar refractivity (Wildman–Crippen MR) is 110 cm³/mol. The largest absolute Gasteiger partial charge is 0.478 e. The second-order valence-electron chi connectivity index (χ2n) is 8.13. The van der Waals surface area contributed by atoms with Crippen molar-refractivity contribution in [3.8, 4) is 0 Å². The van der Waals surface area contributed by atoms with Gasteiger partial charge >= 0.3 is 5.97 Å². The number of aliphatic carboxylic acids is 1. The Morgan fingerprint density at radius 2 is 1.23 bits per heavy atom. The number of aliphatic hydroxyl groups excluding tert-OH is 2. The Morgan fingerprint density at radius 3 is 1.62 bits per heavy atom. The van der Waals surface area contributed by atoms with E-state index in [1.54, 1.807) is 0 Å². The average Bonchev–Trinajstić information content (AvgIpc) is 2.54. The van der Waals surface area contributed by atoms with Gasteiger partial charge in [-0.05, 0) is 37.5 Å². The number of carbonyl (C=O) groups is 1. The zero-order valence-corrected chi connectivity index (χ0v) is 17.8. The van der Waals surface area contributed by atoms with E-state index in [0.29, 0.717) is 0 Å². The molecule has 0 rings (SSSR count). The van der Waals surface area contributed by atoms with E-state index in [1.165, 1.54) is 51.0 Å². The molecule has 0 aromatic heterocycles. The summed E-state index contributed by atoms with van der Waals surface area (Å²) in [5, 5.41) is 23.9. The lowest BCUT2D eigenvalue weighted by atomic mass is 9.91. The van der Waals surface area contributed by atoms with E-state index in [-0.39, 0.29) is 13.2 Å². The molecule has 0 aliphatic heterocycles. The van der Waals surface area contributed by atoms with Crippen molar-refractivity contribution in [2.45, 2.75) is 92.4 Å². The molecule has 0 aromatic carbocycles. The molecular weight excluding hydrogens is 328 g/mol. The molecule has 26 heavy (non-hydrogen) atoms. The van der Waals surface area contributed by atoms with E-state index in [0.717, 1.165) is 36.2 Å². The zero-order valence-electron chi connectivity index (χ0n) is 17.8. The summed E-state index contributed by atoms with van der Waals surface area (Å²) in [6.07, 6.45) is 12.7. The van der Waals surface area contributed by atoms with Gasteiger partial charge in [-0.3, -0.25) is 0 Å². The molecule has 4 heteroatoms. The topological polar surface area (TPSA) is 77.8 Å². The molecule has 0 fully saturated rings. The molecule has 3 N–H and O–H groups in total. The minimum Gasteiger partial charge on any atom is -0.478 e. The first-order valence-electron chi connectivity index (χ1n) is 10.3. The van der Waals surface area contributed by atoms with E-state index in [9.17, 15) is 4.79 Å². The highest BCUT2D eigenvalue weighted by Crippen LogP contribution is 2.21. The van der Waals surface area contributed by atoms with Gasteiger partial charge in [0, 0.05) is 6.08 Å². The van der Waals surface area contributed by atoms with E-state index in [2.05, 4.69) is 27.7 Å². The van der Waals surface area contributed by atoms with Gasteiger partial charge in [0.1, 0.15) is 0 Å². The van der Waals surface area contributed by atoms with E-state index >= 15 is 0 Å². The maximum atomic E-state index is 10.5. The van der Waals surface area contributed by atoms with Gasteiger partial charge in [-0.15, -0.1) is 0 Å². The van der Waals surface area contributed by atoms with Crippen LogP contribution in [0.25, 0.3) is 0 Å². The summed E-state index contributed by atoms with van der Waals surface area (Å²) < 4.78 is 0. The third kappa shape index (κ3) is 23.1. The summed E-state index contributed by atoms with van der Waals surface area (Å²) in [7, 11) is 0. The van der Waals surface area contributed by atoms with Crippen LogP contribution in [-0.4, -0.2) is 34.5 Å². The molecule has 0 heterocycles. The van der Waals surface area contributed by atoms with E-state index < -0.39 is 5.97 Å². The molecule has 4 nitrogen and oxygen atoms in total. The summed E-state index contributed by atoms with van der Waals surface area (Å²) in [4.78, 5) is 10.5. The van der Waals surface area contributed by atoms with Crippen molar-refractivity contribution in [3.05, 3.63) is 11.6 Å². The molecule has 0 aliphatic carbocycles. The van der Waals surface area contributed by atoms with Crippen molar-refractivity contribution in [3.63, 3.8) is 0 Å². The monoisotopic (exact) mass is 372 g/mol. The van der Waals surface area contributed by atoms with Gasteiger partial charge in [-0.1, -0.05) is 78.2 Å². The minimum absolute atomic E-state index is 0.125. The summed E-state index contributed by atoms with van der Waals surface area (Å²) in [5.41, 5.74) is 0.985. The van der Waals surface area contributed by atoms with Crippen LogP contribution in [0.1, 0.15) is 92.4 Å². The normalized spacial score (nSPS) is 13.9. The van der Waals surface area contributed by atoms with Crippen molar-refractivity contribution >= 4 is 5.97 Å². The fourth-order valence-electron chi connectivity index (χ4n) is 2.99. The molecule has 0 amide bonds. The fourth-order valence-corrected chi connectivity index (χ4v) is 2.99. The Labute approximate surface area is 161 Å². The second-order valence-corrected chi connectivity index (χ2v) is 8.13. The van der Waals surface area contributed by atoms with Gasteiger partial charge in [0.15, 0.2) is 0 Å². The van der Waals surface area contributed by atoms with Crippen LogP contribution >= 0.6 is 0 Å². The van der Waals surface area contributed by atoms with E-state index in [4.69, 9.17) is 15.3 Å². The number of rotatable bonds is 14. The van der Waals surface area contributed by atoms with Crippen molar-refractivity contribution in [2.24, 2.45) is 17.8 Å². The zero-order chi connectivity index (χ0) is 20.4. The molecule has 0 bridgehead atoms. The van der Waals surface area contributed by atoms with Crippen LogP contribution in [0, 0.1) is 17.8 Å². The maximum absolute atomic E-state index is 10.5. The van der Waals surface area contributed by atoms with Crippen LogP contribution < -0.4 is 0 Å². The highest BCUT2D eigenvalue weighted by Gasteiger charge is 2.06. The van der Waals surface area contributed by atoms with Crippen molar-refractivity contribution in [2.75, 3.05) is 13.2 Å². The van der Waals surface area contributed by atoms with Crippen molar-refractivity contribution < 1.29 is 20.1 Å². The number of allylic oxidation sites excluding steroid dienone is 1. The van der Waals surface area contributed by atoms with Crippen LogP contribution in [0.3, 0.4) is 0 Å². The maximum Gasteiger partial charge on any atom is 0.328 e. The van der Waals surface area contributed by atoms with Gasteiger partial charge in [0.2, 0.25) is 0 Å². The van der Waals surface area contributed by atoms with Crippen LogP contribution in [-0.2, 0) is 4.79 Å². The summed E-state index contributed by atoms with van der Waals surface area (Å²) in [6.45, 7) is 11.0. The Morgan fingerprint density at radius 1 is 0.808 bits per heavy atom. The molecule has 0 aromatic rings. The Balaban J connectivity index is 0. The number of hydrogen-bond donors (Lipinski definition) is 3. The first kappa shape index (κ1) is 27.3. The minimum atomic E-state index is -0.822. The Kier molecular flexibility index (Phi) is 19.9. The highest BCUT2D eigenvalue weighted by atomic mass is 16.4. The molecule has 2 atom stereocenters. The van der Waals surface area contributed by atoms with Gasteiger partial charge in [-0.2, -0.15) is 0 Å². The Bertz CT molecular complexity index is 348. The smallest absolute Gasteiger partial charge is 0.328 e.